The Morgan fingerprint density at radius 2 is 1.45 bits per heavy atom. The molecule has 0 saturated carbocycles. The molecule has 0 fully saturated rings. The van der Waals surface area contributed by atoms with Gasteiger partial charge in [-0.05, 0) is 17.5 Å². The number of hydrogen-bond donors (Lipinski definition) is 0. The molecule has 0 amide bonds. The van der Waals surface area contributed by atoms with Crippen molar-refractivity contribution in [1.82, 2.24) is 0 Å². The molecule has 0 atom stereocenters. The highest BCUT2D eigenvalue weighted by Crippen LogP contribution is 2.43. The summed E-state index contributed by atoms with van der Waals surface area (Å²) in [6.07, 6.45) is 0. The first-order valence-corrected chi connectivity index (χ1v) is 11.3. The Labute approximate surface area is 136 Å². The molecule has 1 heterocycles. The van der Waals surface area contributed by atoms with Gasteiger partial charge in [0.25, 0.3) is 0 Å². The van der Waals surface area contributed by atoms with Crippen LogP contribution in [-0.4, -0.2) is 8.07 Å². The van der Waals surface area contributed by atoms with Crippen LogP contribution >= 0.6 is 27.3 Å². The van der Waals surface area contributed by atoms with E-state index in [0.29, 0.717) is 0 Å². The lowest BCUT2D eigenvalue weighted by molar-refractivity contribution is 0.837. The molecule has 0 saturated heterocycles. The number of fused-ring (bicyclic) bond motifs is 1. The quantitative estimate of drug-likeness (QED) is 0.536. The van der Waals surface area contributed by atoms with Crippen molar-refractivity contribution in [2.45, 2.75) is 58.2 Å². The maximum atomic E-state index is 3.60. The predicted molar refractivity (Wildman–Crippen MR) is 100 cm³/mol. The molecule has 0 aliphatic heterocycles. The van der Waals surface area contributed by atoms with Crippen molar-refractivity contribution in [3.63, 3.8) is 0 Å². The molecular weight excluding hydrogens is 344 g/mol. The van der Waals surface area contributed by atoms with Gasteiger partial charge in [-0.3, -0.25) is 0 Å². The van der Waals surface area contributed by atoms with E-state index in [-0.39, 0.29) is 0 Å². The van der Waals surface area contributed by atoms with E-state index >= 15 is 0 Å². The molecule has 1 aromatic heterocycles. The molecule has 1 aromatic carbocycles. The van der Waals surface area contributed by atoms with E-state index in [1.165, 1.54) is 14.6 Å². The summed E-state index contributed by atoms with van der Waals surface area (Å²) in [5.41, 5.74) is 2.33. The third kappa shape index (κ3) is 2.53. The van der Waals surface area contributed by atoms with E-state index < -0.39 is 8.07 Å². The first-order chi connectivity index (χ1) is 9.30. The number of halogens is 1. The standard InChI is InChI=1S/C17H25BrSSi/c1-11(2)20(12(3)4,13(5)6)17-9-14-7-8-15(18)10-16(14)19-17/h7-13H,1-6H3/q-1. The SMILES string of the molecule is CC(C)[Si-](c1cc2ccc(Br)cc2s1)(C(C)C)C(C)C. The van der Waals surface area contributed by atoms with E-state index in [4.69, 9.17) is 0 Å². The largest absolute Gasteiger partial charge is 0.178 e. The van der Waals surface area contributed by atoms with E-state index in [1.807, 2.05) is 11.3 Å². The minimum Gasteiger partial charge on any atom is -0.178 e. The molecule has 0 bridgehead atoms. The third-order valence-corrected chi connectivity index (χ3v) is 14.3. The van der Waals surface area contributed by atoms with Gasteiger partial charge in [-0.1, -0.05) is 77.7 Å². The van der Waals surface area contributed by atoms with Crippen molar-refractivity contribution in [2.24, 2.45) is 0 Å². The topological polar surface area (TPSA) is 0 Å². The molecule has 0 N–H and O–H groups in total. The van der Waals surface area contributed by atoms with Gasteiger partial charge in [0.1, 0.15) is 0 Å². The molecule has 0 nitrogen and oxygen atoms in total. The summed E-state index contributed by atoms with van der Waals surface area (Å²) in [6.45, 7) is 14.6. The molecule has 0 aliphatic rings. The molecule has 111 valence electrons. The number of thiophene rings is 1. The Hall–Kier alpha value is -0.123. The molecule has 0 aliphatic carbocycles. The summed E-state index contributed by atoms with van der Waals surface area (Å²) in [4.78, 5) is 0. The van der Waals surface area contributed by atoms with Crippen LogP contribution in [0.4, 0.5) is 0 Å². The average molecular weight is 369 g/mol. The second kappa shape index (κ2) is 5.94. The summed E-state index contributed by atoms with van der Waals surface area (Å²) >= 11 is 5.63. The number of rotatable bonds is 4. The van der Waals surface area contributed by atoms with Crippen LogP contribution in [0, 0.1) is 0 Å². The van der Waals surface area contributed by atoms with Gasteiger partial charge < -0.3 is 0 Å². The smallest absolute Gasteiger partial charge is 0.0323 e. The first-order valence-electron chi connectivity index (χ1n) is 7.49. The Balaban J connectivity index is 2.68. The highest BCUT2D eigenvalue weighted by Gasteiger charge is 2.33. The van der Waals surface area contributed by atoms with Gasteiger partial charge >= 0.3 is 0 Å². The summed E-state index contributed by atoms with van der Waals surface area (Å²) in [6, 6.07) is 9.16. The number of hydrogen-bond acceptors (Lipinski definition) is 1. The van der Waals surface area contributed by atoms with Gasteiger partial charge in [0.05, 0.1) is 0 Å². The predicted octanol–water partition coefficient (Wildman–Crippen LogP) is 6.55. The minimum absolute atomic E-state index is 0.777. The zero-order valence-corrected chi connectivity index (χ0v) is 16.7. The molecule has 2 rings (SSSR count). The number of benzene rings is 1. The normalized spacial score (nSPS) is 13.1. The zero-order valence-electron chi connectivity index (χ0n) is 13.3. The van der Waals surface area contributed by atoms with Crippen molar-refractivity contribution in [3.8, 4) is 0 Å². The monoisotopic (exact) mass is 368 g/mol. The fraction of sp³-hybridized carbons (Fsp3) is 0.529. The van der Waals surface area contributed by atoms with Gasteiger partial charge in [0, 0.05) is 9.17 Å². The van der Waals surface area contributed by atoms with Gasteiger partial charge in [-0.15, -0.1) is 21.1 Å². The van der Waals surface area contributed by atoms with Gasteiger partial charge in [-0.25, -0.2) is 0 Å². The molecule has 0 radical (unpaired) electrons. The molecule has 0 unspecified atom stereocenters. The summed E-state index contributed by atoms with van der Waals surface area (Å²) in [7, 11) is -1.50. The maximum Gasteiger partial charge on any atom is 0.0323 e. The molecular formula is C17H25BrSSi-. The maximum absolute atomic E-state index is 3.60. The second-order valence-electron chi connectivity index (χ2n) is 6.69. The van der Waals surface area contributed by atoms with Crippen LogP contribution in [0.15, 0.2) is 28.7 Å². The van der Waals surface area contributed by atoms with Gasteiger partial charge in [0.15, 0.2) is 0 Å². The minimum atomic E-state index is -1.50. The fourth-order valence-electron chi connectivity index (χ4n) is 4.07. The lowest BCUT2D eigenvalue weighted by Gasteiger charge is -2.54. The van der Waals surface area contributed by atoms with Crippen molar-refractivity contribution in [3.05, 3.63) is 28.7 Å². The Bertz CT molecular complexity index is 576. The molecule has 3 heteroatoms. The Morgan fingerprint density at radius 1 is 0.900 bits per heavy atom. The summed E-state index contributed by atoms with van der Waals surface area (Å²) in [5.74, 6) is 0. The zero-order chi connectivity index (χ0) is 15.1. The van der Waals surface area contributed by atoms with E-state index in [9.17, 15) is 0 Å². The summed E-state index contributed by atoms with van der Waals surface area (Å²) in [5, 5.41) is 1.41. The van der Waals surface area contributed by atoms with Crippen LogP contribution in [0.1, 0.15) is 41.5 Å². The first kappa shape index (κ1) is 16.3. The van der Waals surface area contributed by atoms with E-state index in [2.05, 4.69) is 81.7 Å². The highest BCUT2D eigenvalue weighted by atomic mass is 79.9. The van der Waals surface area contributed by atoms with Crippen molar-refractivity contribution >= 4 is 49.9 Å². The fourth-order valence-corrected chi connectivity index (χ4v) is 14.7. The van der Waals surface area contributed by atoms with Gasteiger partial charge in [0.2, 0.25) is 0 Å². The summed E-state index contributed by atoms with van der Waals surface area (Å²) < 4.78 is 4.29. The van der Waals surface area contributed by atoms with E-state index in [1.54, 1.807) is 4.50 Å². The van der Waals surface area contributed by atoms with Crippen LogP contribution in [0.5, 0.6) is 0 Å². The lowest BCUT2D eigenvalue weighted by Crippen LogP contribution is -2.54. The van der Waals surface area contributed by atoms with E-state index in [0.717, 1.165) is 16.6 Å². The molecule has 20 heavy (non-hydrogen) atoms. The van der Waals surface area contributed by atoms with Crippen molar-refractivity contribution in [2.75, 3.05) is 0 Å². The lowest BCUT2D eigenvalue weighted by atomic mass is 10.3. The molecule has 2 aromatic rings. The second-order valence-corrected chi connectivity index (χ2v) is 14.9. The highest BCUT2D eigenvalue weighted by molar-refractivity contribution is 9.10. The van der Waals surface area contributed by atoms with Crippen LogP contribution in [-0.2, 0) is 0 Å². The van der Waals surface area contributed by atoms with Crippen molar-refractivity contribution < 1.29 is 0 Å². The third-order valence-electron chi connectivity index (χ3n) is 4.77. The van der Waals surface area contributed by atoms with Crippen molar-refractivity contribution in [1.29, 1.82) is 0 Å². The van der Waals surface area contributed by atoms with Crippen LogP contribution < -0.4 is 4.50 Å². The van der Waals surface area contributed by atoms with Crippen LogP contribution in [0.25, 0.3) is 10.1 Å². The van der Waals surface area contributed by atoms with Crippen LogP contribution in [0.3, 0.4) is 0 Å². The van der Waals surface area contributed by atoms with Gasteiger partial charge in [-0.2, -0.15) is 11.3 Å². The average Bonchev–Trinajstić information content (AvgIpc) is 2.70. The molecule has 0 spiro atoms. The Morgan fingerprint density at radius 3 is 1.95 bits per heavy atom. The Kier molecular flexibility index (Phi) is 4.82. The van der Waals surface area contributed by atoms with Crippen LogP contribution in [0.2, 0.25) is 16.6 Å².